The zero-order valence-corrected chi connectivity index (χ0v) is 16.9. The Bertz CT molecular complexity index is 934. The van der Waals surface area contributed by atoms with Crippen LogP contribution in [0.2, 0.25) is 0 Å². The number of carbonyl (C=O) groups excluding carboxylic acids is 1. The van der Waals surface area contributed by atoms with Gasteiger partial charge in [-0.1, -0.05) is 42.5 Å². The van der Waals surface area contributed by atoms with Crippen LogP contribution in [0.5, 0.6) is 5.75 Å². The molecule has 2 aromatic carbocycles. The summed E-state index contributed by atoms with van der Waals surface area (Å²) in [5, 5.41) is 7.12. The first kappa shape index (κ1) is 22.6. The van der Waals surface area contributed by atoms with Crippen molar-refractivity contribution in [2.45, 2.75) is 25.2 Å². The molecule has 2 heterocycles. The summed E-state index contributed by atoms with van der Waals surface area (Å²) in [6.45, 7) is 3.58. The minimum Gasteiger partial charge on any atom is -0.496 e. The van der Waals surface area contributed by atoms with Gasteiger partial charge in [-0.2, -0.15) is 13.2 Å². The van der Waals surface area contributed by atoms with Gasteiger partial charge >= 0.3 is 12.1 Å². The highest BCUT2D eigenvalue weighted by molar-refractivity contribution is 5.99. The number of carbonyl (C=O) groups is 2. The van der Waals surface area contributed by atoms with E-state index in [2.05, 4.69) is 35.2 Å². The number of carboxylic acid groups (broad SMARTS) is 1. The smallest absolute Gasteiger partial charge is 0.490 e. The number of benzene rings is 2. The zero-order chi connectivity index (χ0) is 22.6. The average molecular weight is 436 g/mol. The minimum atomic E-state index is -5.08. The van der Waals surface area contributed by atoms with Gasteiger partial charge in [0.1, 0.15) is 5.75 Å². The molecule has 1 amide bonds. The number of halogens is 3. The summed E-state index contributed by atoms with van der Waals surface area (Å²) in [4.78, 5) is 26.3. The Hall–Kier alpha value is -3.07. The molecule has 2 aliphatic heterocycles. The lowest BCUT2D eigenvalue weighted by atomic mass is 9.91. The number of nitrogens with zero attached hydrogens (tertiary/aromatic N) is 2. The lowest BCUT2D eigenvalue weighted by Gasteiger charge is -2.44. The fourth-order valence-corrected chi connectivity index (χ4v) is 3.90. The number of ether oxygens (including phenoxy) is 1. The van der Waals surface area contributed by atoms with Crippen molar-refractivity contribution >= 4 is 11.9 Å². The summed E-state index contributed by atoms with van der Waals surface area (Å²) < 4.78 is 37.1. The predicted octanol–water partition coefficient (Wildman–Crippen LogP) is 3.21. The topological polar surface area (TPSA) is 70.1 Å². The van der Waals surface area contributed by atoms with Gasteiger partial charge in [-0.3, -0.25) is 9.69 Å². The molecule has 2 aliphatic rings. The van der Waals surface area contributed by atoms with E-state index in [0.29, 0.717) is 5.75 Å². The number of piperazine rings is 1. The Balaban J connectivity index is 0.000000339. The molecule has 4 rings (SSSR count). The van der Waals surface area contributed by atoms with Crippen molar-refractivity contribution < 1.29 is 32.6 Å². The number of fused-ring (bicyclic) bond motifs is 2. The van der Waals surface area contributed by atoms with Crippen LogP contribution in [0.1, 0.15) is 21.5 Å². The Labute approximate surface area is 177 Å². The molecule has 1 saturated heterocycles. The Morgan fingerprint density at radius 1 is 1.13 bits per heavy atom. The summed E-state index contributed by atoms with van der Waals surface area (Å²) in [6.07, 6.45) is -4.18. The highest BCUT2D eigenvalue weighted by atomic mass is 19.4. The molecule has 0 aromatic heterocycles. The third-order valence-electron chi connectivity index (χ3n) is 5.32. The number of methoxy groups -OCH3 is 1. The maximum Gasteiger partial charge on any atom is 0.490 e. The second-order valence-electron chi connectivity index (χ2n) is 7.37. The Morgan fingerprint density at radius 3 is 2.42 bits per heavy atom. The van der Waals surface area contributed by atoms with E-state index in [1.54, 1.807) is 7.11 Å². The van der Waals surface area contributed by atoms with Gasteiger partial charge in [0.25, 0.3) is 5.91 Å². The van der Waals surface area contributed by atoms with E-state index >= 15 is 0 Å². The summed E-state index contributed by atoms with van der Waals surface area (Å²) >= 11 is 0. The van der Waals surface area contributed by atoms with Crippen molar-refractivity contribution in [1.82, 2.24) is 9.80 Å². The second kappa shape index (κ2) is 9.38. The van der Waals surface area contributed by atoms with E-state index < -0.39 is 12.1 Å². The predicted molar refractivity (Wildman–Crippen MR) is 107 cm³/mol. The molecule has 0 spiro atoms. The highest BCUT2D eigenvalue weighted by Gasteiger charge is 2.38. The van der Waals surface area contributed by atoms with E-state index in [1.165, 1.54) is 5.56 Å². The summed E-state index contributed by atoms with van der Waals surface area (Å²) in [5.74, 6) is -1.94. The van der Waals surface area contributed by atoms with Crippen molar-refractivity contribution in [2.24, 2.45) is 0 Å². The van der Waals surface area contributed by atoms with Crippen molar-refractivity contribution in [2.75, 3.05) is 26.7 Å². The maximum absolute atomic E-state index is 12.9. The number of carboxylic acids is 1. The van der Waals surface area contributed by atoms with Crippen LogP contribution in [0.4, 0.5) is 13.2 Å². The number of hydrogen-bond donors (Lipinski definition) is 1. The van der Waals surface area contributed by atoms with Gasteiger partial charge in [-0.25, -0.2) is 4.79 Å². The van der Waals surface area contributed by atoms with Crippen LogP contribution in [0, 0.1) is 0 Å². The fourth-order valence-electron chi connectivity index (χ4n) is 3.90. The molecular weight excluding hydrogens is 413 g/mol. The van der Waals surface area contributed by atoms with Crippen molar-refractivity contribution in [3.8, 4) is 5.75 Å². The Morgan fingerprint density at radius 2 is 1.81 bits per heavy atom. The van der Waals surface area contributed by atoms with Crippen LogP contribution in [-0.2, 0) is 17.8 Å². The van der Waals surface area contributed by atoms with Crippen LogP contribution >= 0.6 is 0 Å². The summed E-state index contributed by atoms with van der Waals surface area (Å²) in [5.41, 5.74) is 3.20. The van der Waals surface area contributed by atoms with Crippen LogP contribution < -0.4 is 4.74 Å². The van der Waals surface area contributed by atoms with Gasteiger partial charge in [0.2, 0.25) is 0 Å². The van der Waals surface area contributed by atoms with E-state index in [1.807, 2.05) is 23.1 Å². The minimum absolute atomic E-state index is 0.123. The molecule has 31 heavy (non-hydrogen) atoms. The molecule has 166 valence electrons. The van der Waals surface area contributed by atoms with Gasteiger partial charge in [0, 0.05) is 32.2 Å². The van der Waals surface area contributed by atoms with Crippen molar-refractivity contribution in [3.63, 3.8) is 0 Å². The molecule has 0 unspecified atom stereocenters. The van der Waals surface area contributed by atoms with E-state index in [0.717, 1.165) is 43.7 Å². The van der Waals surface area contributed by atoms with Gasteiger partial charge in [-0.15, -0.1) is 0 Å². The third kappa shape index (κ3) is 5.35. The molecule has 0 saturated carbocycles. The normalized spacial score (nSPS) is 18.4. The lowest BCUT2D eigenvalue weighted by Crippen LogP contribution is -2.57. The Kier molecular flexibility index (Phi) is 6.84. The van der Waals surface area contributed by atoms with Crippen molar-refractivity contribution in [3.05, 3.63) is 65.2 Å². The number of amides is 1. The fraction of sp³-hybridized carbons (Fsp3) is 0.364. The number of aliphatic carboxylic acids is 1. The highest BCUT2D eigenvalue weighted by Crippen LogP contribution is 2.32. The molecule has 1 N–H and O–H groups in total. The molecule has 0 bridgehead atoms. The molecule has 9 heteroatoms. The molecular formula is C22H23F3N2O4. The van der Waals surface area contributed by atoms with E-state index in [-0.39, 0.29) is 11.9 Å². The first-order chi connectivity index (χ1) is 14.7. The SMILES string of the molecule is COc1cccc2c1C(=O)N1CCN(Cc3ccccc3)C[C@H]1C2.O=C(O)C(F)(F)F. The third-order valence-corrected chi connectivity index (χ3v) is 5.32. The average Bonchev–Trinajstić information content (AvgIpc) is 2.73. The van der Waals surface area contributed by atoms with Crippen LogP contribution in [-0.4, -0.2) is 65.7 Å². The zero-order valence-electron chi connectivity index (χ0n) is 16.9. The standard InChI is InChI=1S/C20H22N2O2.C2HF3O2/c1-24-18-9-5-8-16-12-17-14-21(13-15-6-3-2-4-7-15)10-11-22(17)20(23)19(16)18;3-2(4,5)1(6)7/h2-9,17H,10-14H2,1H3;(H,6,7)/t17-;/m1./s1. The largest absolute Gasteiger partial charge is 0.496 e. The van der Waals surface area contributed by atoms with Gasteiger partial charge in [-0.05, 0) is 23.6 Å². The second-order valence-corrected chi connectivity index (χ2v) is 7.37. The number of rotatable bonds is 3. The van der Waals surface area contributed by atoms with Crippen molar-refractivity contribution in [1.29, 1.82) is 0 Å². The lowest BCUT2D eigenvalue weighted by molar-refractivity contribution is -0.192. The first-order valence-corrected chi connectivity index (χ1v) is 9.74. The van der Waals surface area contributed by atoms with Gasteiger partial charge < -0.3 is 14.7 Å². The van der Waals surface area contributed by atoms with Crippen LogP contribution in [0.15, 0.2) is 48.5 Å². The molecule has 6 nitrogen and oxygen atoms in total. The first-order valence-electron chi connectivity index (χ1n) is 9.74. The molecule has 2 aromatic rings. The molecule has 0 aliphatic carbocycles. The summed E-state index contributed by atoms with van der Waals surface area (Å²) in [6, 6.07) is 16.7. The quantitative estimate of drug-likeness (QED) is 0.800. The van der Waals surface area contributed by atoms with Gasteiger partial charge in [0.05, 0.1) is 12.7 Å². The number of alkyl halides is 3. The number of hydrogen-bond acceptors (Lipinski definition) is 4. The van der Waals surface area contributed by atoms with E-state index in [9.17, 15) is 18.0 Å². The van der Waals surface area contributed by atoms with Gasteiger partial charge in [0.15, 0.2) is 0 Å². The van der Waals surface area contributed by atoms with Crippen LogP contribution in [0.3, 0.4) is 0 Å². The molecule has 1 atom stereocenters. The van der Waals surface area contributed by atoms with E-state index in [4.69, 9.17) is 14.6 Å². The van der Waals surface area contributed by atoms with Crippen LogP contribution in [0.25, 0.3) is 0 Å². The molecule has 1 fully saturated rings. The summed E-state index contributed by atoms with van der Waals surface area (Å²) in [7, 11) is 1.63. The molecule has 0 radical (unpaired) electrons. The maximum atomic E-state index is 12.9. The monoisotopic (exact) mass is 436 g/mol.